The molecule has 0 N–H and O–H groups in total. The molecule has 1 amide bonds. The van der Waals surface area contributed by atoms with Crippen molar-refractivity contribution in [1.29, 1.82) is 0 Å². The van der Waals surface area contributed by atoms with Gasteiger partial charge in [0.2, 0.25) is 5.89 Å². The SMILES string of the molecule is CCCc1nc(CN(CC)C(=O)[C@@H](C)OCC)no1. The van der Waals surface area contributed by atoms with Gasteiger partial charge in [0.15, 0.2) is 5.82 Å². The molecule has 0 unspecified atom stereocenters. The molecule has 0 saturated heterocycles. The summed E-state index contributed by atoms with van der Waals surface area (Å²) < 4.78 is 10.4. The predicted octanol–water partition coefficient (Wildman–Crippen LogP) is 1.80. The molecule has 0 spiro atoms. The van der Waals surface area contributed by atoms with Gasteiger partial charge in [0.05, 0.1) is 6.54 Å². The van der Waals surface area contributed by atoms with Crippen LogP contribution in [0.3, 0.4) is 0 Å². The predicted molar refractivity (Wildman–Crippen MR) is 70.5 cm³/mol. The van der Waals surface area contributed by atoms with Crippen LogP contribution >= 0.6 is 0 Å². The van der Waals surface area contributed by atoms with Crippen LogP contribution in [0.25, 0.3) is 0 Å². The van der Waals surface area contributed by atoms with Crippen LogP contribution in [0.2, 0.25) is 0 Å². The lowest BCUT2D eigenvalue weighted by Gasteiger charge is -2.22. The molecule has 0 radical (unpaired) electrons. The highest BCUT2D eigenvalue weighted by Gasteiger charge is 2.21. The Morgan fingerprint density at radius 1 is 1.42 bits per heavy atom. The number of amides is 1. The van der Waals surface area contributed by atoms with Crippen molar-refractivity contribution in [2.45, 2.75) is 53.2 Å². The number of nitrogens with zero attached hydrogens (tertiary/aromatic N) is 3. The lowest BCUT2D eigenvalue weighted by atomic mass is 10.3. The van der Waals surface area contributed by atoms with Gasteiger partial charge in [0, 0.05) is 19.6 Å². The zero-order valence-corrected chi connectivity index (χ0v) is 12.2. The average molecular weight is 269 g/mol. The van der Waals surface area contributed by atoms with Gasteiger partial charge in [-0.25, -0.2) is 0 Å². The summed E-state index contributed by atoms with van der Waals surface area (Å²) in [5, 5.41) is 3.89. The second-order valence-corrected chi connectivity index (χ2v) is 4.30. The summed E-state index contributed by atoms with van der Waals surface area (Å²) in [5.41, 5.74) is 0. The van der Waals surface area contributed by atoms with Gasteiger partial charge in [-0.3, -0.25) is 4.79 Å². The van der Waals surface area contributed by atoms with E-state index in [0.29, 0.717) is 31.4 Å². The third-order valence-electron chi connectivity index (χ3n) is 2.76. The van der Waals surface area contributed by atoms with Crippen molar-refractivity contribution >= 4 is 5.91 Å². The quantitative estimate of drug-likeness (QED) is 0.719. The highest BCUT2D eigenvalue weighted by atomic mass is 16.5. The summed E-state index contributed by atoms with van der Waals surface area (Å²) in [7, 11) is 0. The molecular weight excluding hydrogens is 246 g/mol. The molecule has 108 valence electrons. The van der Waals surface area contributed by atoms with E-state index in [1.54, 1.807) is 11.8 Å². The molecule has 0 aliphatic rings. The Balaban J connectivity index is 2.62. The zero-order valence-electron chi connectivity index (χ0n) is 12.2. The highest BCUT2D eigenvalue weighted by molar-refractivity contribution is 5.80. The minimum absolute atomic E-state index is 0.0498. The lowest BCUT2D eigenvalue weighted by molar-refractivity contribution is -0.142. The maximum atomic E-state index is 12.1. The molecule has 0 saturated carbocycles. The molecule has 6 heteroatoms. The number of ether oxygens (including phenoxy) is 1. The van der Waals surface area contributed by atoms with E-state index in [9.17, 15) is 4.79 Å². The maximum Gasteiger partial charge on any atom is 0.251 e. The maximum absolute atomic E-state index is 12.1. The Bertz CT molecular complexity index is 392. The Kier molecular flexibility index (Phi) is 6.49. The number of aryl methyl sites for hydroxylation is 1. The van der Waals surface area contributed by atoms with Gasteiger partial charge < -0.3 is 14.2 Å². The first-order valence-electron chi connectivity index (χ1n) is 6.84. The Morgan fingerprint density at radius 3 is 2.74 bits per heavy atom. The Morgan fingerprint density at radius 2 is 2.16 bits per heavy atom. The monoisotopic (exact) mass is 269 g/mol. The molecule has 0 aliphatic carbocycles. The first-order chi connectivity index (χ1) is 9.12. The smallest absolute Gasteiger partial charge is 0.251 e. The molecule has 1 atom stereocenters. The number of carbonyl (C=O) groups excluding carboxylic acids is 1. The molecule has 0 aromatic carbocycles. The number of hydrogen-bond donors (Lipinski definition) is 0. The fourth-order valence-corrected chi connectivity index (χ4v) is 1.76. The minimum Gasteiger partial charge on any atom is -0.369 e. The summed E-state index contributed by atoms with van der Waals surface area (Å²) in [5.74, 6) is 1.12. The Hall–Kier alpha value is -1.43. The molecule has 0 bridgehead atoms. The summed E-state index contributed by atoms with van der Waals surface area (Å²) in [6.07, 6.45) is 1.29. The van der Waals surface area contributed by atoms with Gasteiger partial charge in [-0.2, -0.15) is 4.98 Å². The van der Waals surface area contributed by atoms with Crippen molar-refractivity contribution in [2.75, 3.05) is 13.2 Å². The summed E-state index contributed by atoms with van der Waals surface area (Å²) >= 11 is 0. The third-order valence-corrected chi connectivity index (χ3v) is 2.76. The van der Waals surface area contributed by atoms with E-state index in [1.807, 2.05) is 13.8 Å². The first kappa shape index (κ1) is 15.6. The van der Waals surface area contributed by atoms with Crippen LogP contribution < -0.4 is 0 Å². The van der Waals surface area contributed by atoms with Crippen molar-refractivity contribution in [1.82, 2.24) is 15.0 Å². The van der Waals surface area contributed by atoms with Gasteiger partial charge in [0.25, 0.3) is 5.91 Å². The zero-order chi connectivity index (χ0) is 14.3. The molecule has 1 heterocycles. The van der Waals surface area contributed by atoms with E-state index in [0.717, 1.165) is 12.8 Å². The first-order valence-corrected chi connectivity index (χ1v) is 6.84. The van der Waals surface area contributed by atoms with E-state index in [2.05, 4.69) is 17.1 Å². The largest absolute Gasteiger partial charge is 0.369 e. The normalized spacial score (nSPS) is 12.4. The molecule has 1 aromatic heterocycles. The average Bonchev–Trinajstić information content (AvgIpc) is 2.83. The number of aromatic nitrogens is 2. The second kappa shape index (κ2) is 7.89. The second-order valence-electron chi connectivity index (χ2n) is 4.30. The van der Waals surface area contributed by atoms with Gasteiger partial charge >= 0.3 is 0 Å². The Labute approximate surface area is 114 Å². The molecular formula is C13H23N3O3. The molecule has 1 rings (SSSR count). The van der Waals surface area contributed by atoms with Gasteiger partial charge in [-0.05, 0) is 27.2 Å². The van der Waals surface area contributed by atoms with Crippen molar-refractivity contribution in [3.63, 3.8) is 0 Å². The summed E-state index contributed by atoms with van der Waals surface area (Å²) in [6.45, 7) is 9.07. The van der Waals surface area contributed by atoms with Crippen LogP contribution in [0, 0.1) is 0 Å². The van der Waals surface area contributed by atoms with Gasteiger partial charge in [0.1, 0.15) is 6.10 Å². The molecule has 0 fully saturated rings. The highest BCUT2D eigenvalue weighted by Crippen LogP contribution is 2.07. The number of likely N-dealkylation sites (N-methyl/N-ethyl adjacent to an activating group) is 1. The summed E-state index contributed by atoms with van der Waals surface area (Å²) in [6, 6.07) is 0. The number of rotatable bonds is 8. The van der Waals surface area contributed by atoms with Crippen LogP contribution in [0.1, 0.15) is 45.8 Å². The van der Waals surface area contributed by atoms with Crippen molar-refractivity contribution in [3.05, 3.63) is 11.7 Å². The van der Waals surface area contributed by atoms with Crippen LogP contribution in [-0.4, -0.2) is 40.2 Å². The van der Waals surface area contributed by atoms with Gasteiger partial charge in [-0.1, -0.05) is 12.1 Å². The van der Waals surface area contributed by atoms with Crippen LogP contribution in [0.5, 0.6) is 0 Å². The fourth-order valence-electron chi connectivity index (χ4n) is 1.76. The van der Waals surface area contributed by atoms with Crippen LogP contribution in [-0.2, 0) is 22.5 Å². The molecule has 19 heavy (non-hydrogen) atoms. The lowest BCUT2D eigenvalue weighted by Crippen LogP contribution is -2.38. The van der Waals surface area contributed by atoms with Gasteiger partial charge in [-0.15, -0.1) is 0 Å². The van der Waals surface area contributed by atoms with Crippen molar-refractivity contribution in [3.8, 4) is 0 Å². The molecule has 1 aromatic rings. The van der Waals surface area contributed by atoms with E-state index < -0.39 is 6.10 Å². The van der Waals surface area contributed by atoms with Crippen molar-refractivity contribution < 1.29 is 14.1 Å². The van der Waals surface area contributed by atoms with E-state index in [4.69, 9.17) is 9.26 Å². The molecule has 6 nitrogen and oxygen atoms in total. The number of carbonyl (C=O) groups is 1. The van der Waals surface area contributed by atoms with Crippen LogP contribution in [0.4, 0.5) is 0 Å². The molecule has 0 aliphatic heterocycles. The van der Waals surface area contributed by atoms with E-state index in [1.165, 1.54) is 0 Å². The fraction of sp³-hybridized carbons (Fsp3) is 0.769. The minimum atomic E-state index is -0.438. The third kappa shape index (κ3) is 4.63. The van der Waals surface area contributed by atoms with Crippen molar-refractivity contribution in [2.24, 2.45) is 0 Å². The standard InChI is InChI=1S/C13H23N3O3/c1-5-8-12-14-11(15-19-12)9-16(6-2)13(17)10(4)18-7-3/h10H,5-9H2,1-4H3/t10-/m1/s1. The van der Waals surface area contributed by atoms with E-state index in [-0.39, 0.29) is 5.91 Å². The van der Waals surface area contributed by atoms with E-state index >= 15 is 0 Å². The summed E-state index contributed by atoms with van der Waals surface area (Å²) in [4.78, 5) is 18.0. The van der Waals surface area contributed by atoms with Crippen LogP contribution in [0.15, 0.2) is 4.52 Å². The number of hydrogen-bond acceptors (Lipinski definition) is 5. The topological polar surface area (TPSA) is 68.5 Å².